The molecule has 1 rings (SSSR count). The molecule has 0 aliphatic rings. The lowest BCUT2D eigenvalue weighted by Crippen LogP contribution is -2.18. The molecule has 0 amide bonds. The molecular formula is C13H20FNO. The Morgan fingerprint density at radius 1 is 1.25 bits per heavy atom. The van der Waals surface area contributed by atoms with Crippen molar-refractivity contribution in [3.05, 3.63) is 29.6 Å². The standard InChI is InChI=1S/C13H20FNO/c1-3-4-5-6-15(2)13-8-11(10-16)7-12(14)9-13/h7-9,16H,3-6,10H2,1-2H3. The van der Waals surface area contributed by atoms with Crippen LogP contribution in [-0.4, -0.2) is 18.7 Å². The summed E-state index contributed by atoms with van der Waals surface area (Å²) in [6.07, 6.45) is 3.48. The molecule has 0 bridgehead atoms. The smallest absolute Gasteiger partial charge is 0.125 e. The summed E-state index contributed by atoms with van der Waals surface area (Å²) >= 11 is 0. The zero-order chi connectivity index (χ0) is 12.0. The van der Waals surface area contributed by atoms with Crippen molar-refractivity contribution in [2.24, 2.45) is 0 Å². The maximum Gasteiger partial charge on any atom is 0.125 e. The molecule has 0 radical (unpaired) electrons. The second-order valence-electron chi connectivity index (χ2n) is 4.10. The van der Waals surface area contributed by atoms with Gasteiger partial charge in [-0.3, -0.25) is 0 Å². The Kier molecular flexibility index (Phi) is 5.26. The third-order valence-corrected chi connectivity index (χ3v) is 2.66. The third-order valence-electron chi connectivity index (χ3n) is 2.66. The predicted molar refractivity (Wildman–Crippen MR) is 65.1 cm³/mol. The van der Waals surface area contributed by atoms with Gasteiger partial charge in [0.1, 0.15) is 5.82 Å². The van der Waals surface area contributed by atoms with Gasteiger partial charge in [0.25, 0.3) is 0 Å². The van der Waals surface area contributed by atoms with Crippen molar-refractivity contribution in [2.75, 3.05) is 18.5 Å². The number of halogens is 1. The molecule has 2 nitrogen and oxygen atoms in total. The first kappa shape index (κ1) is 13.0. The monoisotopic (exact) mass is 225 g/mol. The van der Waals surface area contributed by atoms with Gasteiger partial charge in [-0.15, -0.1) is 0 Å². The molecule has 90 valence electrons. The molecule has 0 fully saturated rings. The number of hydrogen-bond acceptors (Lipinski definition) is 2. The van der Waals surface area contributed by atoms with Crippen LogP contribution in [0.1, 0.15) is 31.7 Å². The Labute approximate surface area is 96.7 Å². The minimum atomic E-state index is -0.288. The molecule has 0 saturated carbocycles. The molecule has 16 heavy (non-hydrogen) atoms. The topological polar surface area (TPSA) is 23.5 Å². The van der Waals surface area contributed by atoms with E-state index < -0.39 is 0 Å². The van der Waals surface area contributed by atoms with E-state index in [1.165, 1.54) is 25.0 Å². The Hall–Kier alpha value is -1.09. The SMILES string of the molecule is CCCCCN(C)c1cc(F)cc(CO)c1. The van der Waals surface area contributed by atoms with Crippen LogP contribution in [0.15, 0.2) is 18.2 Å². The normalized spacial score (nSPS) is 10.5. The van der Waals surface area contributed by atoms with E-state index in [9.17, 15) is 4.39 Å². The maximum atomic E-state index is 13.2. The number of aliphatic hydroxyl groups excluding tert-OH is 1. The number of nitrogens with zero attached hydrogens (tertiary/aromatic N) is 1. The highest BCUT2D eigenvalue weighted by Crippen LogP contribution is 2.18. The summed E-state index contributed by atoms with van der Waals surface area (Å²) in [5.74, 6) is -0.288. The lowest BCUT2D eigenvalue weighted by molar-refractivity contribution is 0.281. The largest absolute Gasteiger partial charge is 0.392 e. The molecule has 0 atom stereocenters. The van der Waals surface area contributed by atoms with Crippen molar-refractivity contribution in [1.29, 1.82) is 0 Å². The first-order chi connectivity index (χ1) is 7.67. The minimum absolute atomic E-state index is 0.118. The first-order valence-corrected chi connectivity index (χ1v) is 5.78. The van der Waals surface area contributed by atoms with Crippen LogP contribution in [0.2, 0.25) is 0 Å². The molecular weight excluding hydrogens is 205 g/mol. The Balaban J connectivity index is 2.66. The van der Waals surface area contributed by atoms with Gasteiger partial charge in [-0.05, 0) is 30.2 Å². The van der Waals surface area contributed by atoms with E-state index in [0.717, 1.165) is 18.7 Å². The van der Waals surface area contributed by atoms with Gasteiger partial charge in [0.2, 0.25) is 0 Å². The summed E-state index contributed by atoms with van der Waals surface area (Å²) < 4.78 is 13.2. The zero-order valence-electron chi connectivity index (χ0n) is 10.0. The Morgan fingerprint density at radius 2 is 2.00 bits per heavy atom. The highest BCUT2D eigenvalue weighted by atomic mass is 19.1. The molecule has 0 spiro atoms. The fourth-order valence-corrected chi connectivity index (χ4v) is 1.67. The number of rotatable bonds is 6. The third kappa shape index (κ3) is 3.81. The Bertz CT molecular complexity index is 328. The maximum absolute atomic E-state index is 13.2. The number of benzene rings is 1. The molecule has 0 saturated heterocycles. The van der Waals surface area contributed by atoms with Crippen LogP contribution in [0.5, 0.6) is 0 Å². The molecule has 1 aromatic carbocycles. The van der Waals surface area contributed by atoms with Crippen molar-refractivity contribution >= 4 is 5.69 Å². The van der Waals surface area contributed by atoms with Gasteiger partial charge >= 0.3 is 0 Å². The van der Waals surface area contributed by atoms with E-state index in [1.54, 1.807) is 0 Å². The van der Waals surface area contributed by atoms with Crippen LogP contribution in [0, 0.1) is 5.82 Å². The van der Waals surface area contributed by atoms with Crippen LogP contribution in [0.3, 0.4) is 0 Å². The van der Waals surface area contributed by atoms with Crippen LogP contribution >= 0.6 is 0 Å². The molecule has 0 aliphatic carbocycles. The van der Waals surface area contributed by atoms with E-state index in [0.29, 0.717) is 5.56 Å². The molecule has 1 aromatic rings. The van der Waals surface area contributed by atoms with Gasteiger partial charge in [0, 0.05) is 19.3 Å². The highest BCUT2D eigenvalue weighted by molar-refractivity contribution is 5.48. The van der Waals surface area contributed by atoms with Gasteiger partial charge in [-0.25, -0.2) is 4.39 Å². The highest BCUT2D eigenvalue weighted by Gasteiger charge is 2.04. The molecule has 3 heteroatoms. The van der Waals surface area contributed by atoms with E-state index in [4.69, 9.17) is 5.11 Å². The fraction of sp³-hybridized carbons (Fsp3) is 0.538. The number of anilines is 1. The summed E-state index contributed by atoms with van der Waals surface area (Å²) in [6, 6.07) is 4.70. The summed E-state index contributed by atoms with van der Waals surface area (Å²) in [7, 11) is 1.95. The van der Waals surface area contributed by atoms with Crippen molar-refractivity contribution in [3.8, 4) is 0 Å². The van der Waals surface area contributed by atoms with Gasteiger partial charge in [0.15, 0.2) is 0 Å². The Morgan fingerprint density at radius 3 is 2.62 bits per heavy atom. The van der Waals surface area contributed by atoms with Gasteiger partial charge in [0.05, 0.1) is 6.61 Å². The van der Waals surface area contributed by atoms with Gasteiger partial charge < -0.3 is 10.0 Å². The molecule has 0 unspecified atom stereocenters. The van der Waals surface area contributed by atoms with E-state index in [2.05, 4.69) is 6.92 Å². The van der Waals surface area contributed by atoms with Gasteiger partial charge in [-0.2, -0.15) is 0 Å². The summed E-state index contributed by atoms with van der Waals surface area (Å²) in [5.41, 5.74) is 1.46. The minimum Gasteiger partial charge on any atom is -0.392 e. The molecule has 0 aromatic heterocycles. The predicted octanol–water partition coefficient (Wildman–Crippen LogP) is 2.94. The van der Waals surface area contributed by atoms with Gasteiger partial charge in [-0.1, -0.05) is 19.8 Å². The first-order valence-electron chi connectivity index (χ1n) is 5.78. The summed E-state index contributed by atoms with van der Waals surface area (Å²) in [4.78, 5) is 2.03. The number of aliphatic hydroxyl groups is 1. The summed E-state index contributed by atoms with van der Waals surface area (Å²) in [5, 5.41) is 9.00. The molecule has 1 N–H and O–H groups in total. The quantitative estimate of drug-likeness (QED) is 0.752. The fourth-order valence-electron chi connectivity index (χ4n) is 1.67. The zero-order valence-corrected chi connectivity index (χ0v) is 10.0. The average Bonchev–Trinajstić information content (AvgIpc) is 2.28. The van der Waals surface area contributed by atoms with E-state index in [-0.39, 0.29) is 12.4 Å². The van der Waals surface area contributed by atoms with Crippen LogP contribution in [0.4, 0.5) is 10.1 Å². The second kappa shape index (κ2) is 6.48. The lowest BCUT2D eigenvalue weighted by Gasteiger charge is -2.19. The number of unbranched alkanes of at least 4 members (excludes halogenated alkanes) is 2. The average molecular weight is 225 g/mol. The van der Waals surface area contributed by atoms with E-state index in [1.807, 2.05) is 18.0 Å². The van der Waals surface area contributed by atoms with E-state index >= 15 is 0 Å². The molecule has 0 heterocycles. The second-order valence-corrected chi connectivity index (χ2v) is 4.10. The van der Waals surface area contributed by atoms with Crippen LogP contribution in [-0.2, 0) is 6.61 Å². The number of hydrogen-bond donors (Lipinski definition) is 1. The summed E-state index contributed by atoms with van der Waals surface area (Å²) in [6.45, 7) is 2.96. The lowest BCUT2D eigenvalue weighted by atomic mass is 10.2. The van der Waals surface area contributed by atoms with Crippen molar-refractivity contribution in [3.63, 3.8) is 0 Å². The van der Waals surface area contributed by atoms with Crippen LogP contribution in [0.25, 0.3) is 0 Å². The van der Waals surface area contributed by atoms with Crippen molar-refractivity contribution in [1.82, 2.24) is 0 Å². The molecule has 0 aliphatic heterocycles. The van der Waals surface area contributed by atoms with Crippen LogP contribution < -0.4 is 4.90 Å². The van der Waals surface area contributed by atoms with Crippen molar-refractivity contribution in [2.45, 2.75) is 32.8 Å². The van der Waals surface area contributed by atoms with Crippen molar-refractivity contribution < 1.29 is 9.50 Å².